The van der Waals surface area contributed by atoms with Gasteiger partial charge in [-0.25, -0.2) is 0 Å². The van der Waals surface area contributed by atoms with Gasteiger partial charge >= 0.3 is 0 Å². The van der Waals surface area contributed by atoms with Crippen molar-refractivity contribution >= 4 is 5.78 Å². The second kappa shape index (κ2) is 6.04. The van der Waals surface area contributed by atoms with E-state index in [-0.39, 0.29) is 18.5 Å². The molecule has 0 heterocycles. The Labute approximate surface area is 95.7 Å². The minimum Gasteiger partial charge on any atom is -0.370 e. The second-order valence-corrected chi connectivity index (χ2v) is 3.64. The lowest BCUT2D eigenvalue weighted by molar-refractivity contribution is 0.0511. The van der Waals surface area contributed by atoms with Gasteiger partial charge in [0.05, 0.1) is 17.7 Å². The van der Waals surface area contributed by atoms with Gasteiger partial charge in [-0.2, -0.15) is 5.26 Å². The van der Waals surface area contributed by atoms with Gasteiger partial charge in [0, 0.05) is 5.56 Å². The van der Waals surface area contributed by atoms with Gasteiger partial charge in [-0.1, -0.05) is 19.1 Å². The molecule has 1 aromatic carbocycles. The molecule has 0 aliphatic heterocycles. The predicted octanol–water partition coefficient (Wildman–Crippen LogP) is 2.56. The van der Waals surface area contributed by atoms with Crippen molar-refractivity contribution in [3.05, 3.63) is 35.4 Å². The maximum Gasteiger partial charge on any atom is 0.188 e. The summed E-state index contributed by atoms with van der Waals surface area (Å²) in [5.41, 5.74) is 1.14. The molecule has 0 fully saturated rings. The summed E-state index contributed by atoms with van der Waals surface area (Å²) in [5.74, 6) is -0.0511. The van der Waals surface area contributed by atoms with E-state index in [0.29, 0.717) is 11.1 Å². The third kappa shape index (κ3) is 3.48. The van der Waals surface area contributed by atoms with E-state index in [1.807, 2.05) is 19.9 Å². The van der Waals surface area contributed by atoms with E-state index in [9.17, 15) is 4.79 Å². The number of Topliss-reactive ketones (excluding diaryl/α,β-unsaturated/α-hetero) is 1. The van der Waals surface area contributed by atoms with Gasteiger partial charge in [0.2, 0.25) is 0 Å². The normalized spacial score (nSPS) is 11.8. The molecule has 3 heteroatoms. The third-order valence-electron chi connectivity index (χ3n) is 2.41. The third-order valence-corrected chi connectivity index (χ3v) is 2.41. The number of rotatable bonds is 5. The summed E-state index contributed by atoms with van der Waals surface area (Å²) in [4.78, 5) is 11.7. The molecular formula is C13H15NO2. The molecule has 0 saturated heterocycles. The van der Waals surface area contributed by atoms with Crippen LogP contribution in [0, 0.1) is 11.3 Å². The van der Waals surface area contributed by atoms with E-state index in [1.54, 1.807) is 24.3 Å². The molecule has 0 aromatic heterocycles. The van der Waals surface area contributed by atoms with E-state index in [2.05, 4.69) is 0 Å². The minimum absolute atomic E-state index is 0.0511. The number of hydrogen-bond acceptors (Lipinski definition) is 3. The molecule has 1 atom stereocenters. The fourth-order valence-corrected chi connectivity index (χ4v) is 1.15. The number of nitriles is 1. The van der Waals surface area contributed by atoms with Crippen LogP contribution in [-0.2, 0) is 4.74 Å². The summed E-state index contributed by atoms with van der Waals surface area (Å²) < 4.78 is 5.35. The first-order valence-electron chi connectivity index (χ1n) is 5.32. The zero-order chi connectivity index (χ0) is 12.0. The molecule has 1 rings (SSSR count). The number of nitrogens with zero attached hydrogens (tertiary/aromatic N) is 1. The molecule has 0 N–H and O–H groups in total. The fourth-order valence-electron chi connectivity index (χ4n) is 1.15. The Morgan fingerprint density at radius 3 is 2.56 bits per heavy atom. The first kappa shape index (κ1) is 12.4. The van der Waals surface area contributed by atoms with E-state index in [0.717, 1.165) is 6.42 Å². The SMILES string of the molecule is CCC(C)OCC(=O)c1ccc(C#N)cc1. The van der Waals surface area contributed by atoms with Crippen LogP contribution in [0.3, 0.4) is 0 Å². The van der Waals surface area contributed by atoms with E-state index >= 15 is 0 Å². The molecule has 0 spiro atoms. The quantitative estimate of drug-likeness (QED) is 0.712. The van der Waals surface area contributed by atoms with Crippen molar-refractivity contribution in [2.24, 2.45) is 0 Å². The summed E-state index contributed by atoms with van der Waals surface area (Å²) in [7, 11) is 0. The van der Waals surface area contributed by atoms with Crippen molar-refractivity contribution < 1.29 is 9.53 Å². The van der Waals surface area contributed by atoms with Crippen molar-refractivity contribution in [1.29, 1.82) is 5.26 Å². The highest BCUT2D eigenvalue weighted by Gasteiger charge is 2.07. The highest BCUT2D eigenvalue weighted by Crippen LogP contribution is 2.05. The van der Waals surface area contributed by atoms with Crippen LogP contribution >= 0.6 is 0 Å². The molecular weight excluding hydrogens is 202 g/mol. The van der Waals surface area contributed by atoms with E-state index in [4.69, 9.17) is 10.00 Å². The molecule has 1 unspecified atom stereocenters. The van der Waals surface area contributed by atoms with Crippen LogP contribution < -0.4 is 0 Å². The van der Waals surface area contributed by atoms with Crippen LogP contribution in [0.4, 0.5) is 0 Å². The summed E-state index contributed by atoms with van der Waals surface area (Å²) in [6.45, 7) is 4.05. The largest absolute Gasteiger partial charge is 0.370 e. The maximum absolute atomic E-state index is 11.7. The van der Waals surface area contributed by atoms with E-state index in [1.165, 1.54) is 0 Å². The van der Waals surface area contributed by atoms with Gasteiger partial charge in [-0.15, -0.1) is 0 Å². The lowest BCUT2D eigenvalue weighted by Gasteiger charge is -2.09. The monoisotopic (exact) mass is 217 g/mol. The van der Waals surface area contributed by atoms with Crippen LogP contribution in [0.25, 0.3) is 0 Å². The maximum atomic E-state index is 11.7. The van der Waals surface area contributed by atoms with Gasteiger partial charge < -0.3 is 4.74 Å². The van der Waals surface area contributed by atoms with Gasteiger partial charge in [-0.3, -0.25) is 4.79 Å². The van der Waals surface area contributed by atoms with Crippen LogP contribution in [0.15, 0.2) is 24.3 Å². The number of carbonyl (C=O) groups is 1. The van der Waals surface area contributed by atoms with Crippen molar-refractivity contribution in [3.8, 4) is 6.07 Å². The minimum atomic E-state index is -0.0511. The van der Waals surface area contributed by atoms with Crippen LogP contribution in [0.2, 0.25) is 0 Å². The lowest BCUT2D eigenvalue weighted by atomic mass is 10.1. The summed E-state index contributed by atoms with van der Waals surface area (Å²) >= 11 is 0. The molecule has 16 heavy (non-hydrogen) atoms. The smallest absolute Gasteiger partial charge is 0.188 e. The second-order valence-electron chi connectivity index (χ2n) is 3.64. The Kier molecular flexibility index (Phi) is 4.68. The Bertz CT molecular complexity index is 389. The standard InChI is InChI=1S/C13H15NO2/c1-3-10(2)16-9-13(15)12-6-4-11(8-14)5-7-12/h4-7,10H,3,9H2,1-2H3. The molecule has 0 aliphatic carbocycles. The highest BCUT2D eigenvalue weighted by molar-refractivity contribution is 5.97. The van der Waals surface area contributed by atoms with Gasteiger partial charge in [0.1, 0.15) is 6.61 Å². The summed E-state index contributed by atoms with van der Waals surface area (Å²) in [5, 5.41) is 8.62. The Hall–Kier alpha value is -1.66. The van der Waals surface area contributed by atoms with Gasteiger partial charge in [-0.05, 0) is 25.5 Å². The van der Waals surface area contributed by atoms with Crippen LogP contribution in [-0.4, -0.2) is 18.5 Å². The molecule has 3 nitrogen and oxygen atoms in total. The molecule has 84 valence electrons. The van der Waals surface area contributed by atoms with E-state index < -0.39 is 0 Å². The Balaban J connectivity index is 2.57. The topological polar surface area (TPSA) is 50.1 Å². The number of ether oxygens (including phenoxy) is 1. The van der Waals surface area contributed by atoms with Crippen molar-refractivity contribution in [2.75, 3.05) is 6.61 Å². The number of benzene rings is 1. The fraction of sp³-hybridized carbons (Fsp3) is 0.385. The molecule has 0 radical (unpaired) electrons. The number of ketones is 1. The molecule has 0 amide bonds. The van der Waals surface area contributed by atoms with Crippen LogP contribution in [0.5, 0.6) is 0 Å². The summed E-state index contributed by atoms with van der Waals surface area (Å²) in [6.07, 6.45) is 0.989. The molecule has 1 aromatic rings. The summed E-state index contributed by atoms with van der Waals surface area (Å²) in [6, 6.07) is 8.59. The highest BCUT2D eigenvalue weighted by atomic mass is 16.5. The number of hydrogen-bond donors (Lipinski definition) is 0. The van der Waals surface area contributed by atoms with Gasteiger partial charge in [0.15, 0.2) is 5.78 Å². The molecule has 0 aliphatic rings. The molecule has 0 saturated carbocycles. The van der Waals surface area contributed by atoms with Crippen molar-refractivity contribution in [2.45, 2.75) is 26.4 Å². The van der Waals surface area contributed by atoms with Crippen molar-refractivity contribution in [3.63, 3.8) is 0 Å². The predicted molar refractivity (Wildman–Crippen MR) is 61.2 cm³/mol. The lowest BCUT2D eigenvalue weighted by Crippen LogP contribution is -2.15. The first-order valence-corrected chi connectivity index (χ1v) is 5.32. The zero-order valence-corrected chi connectivity index (χ0v) is 9.56. The Morgan fingerprint density at radius 2 is 2.06 bits per heavy atom. The zero-order valence-electron chi connectivity index (χ0n) is 9.56. The Morgan fingerprint density at radius 1 is 1.44 bits per heavy atom. The van der Waals surface area contributed by atoms with Gasteiger partial charge in [0.25, 0.3) is 0 Å². The first-order chi connectivity index (χ1) is 7.67. The average molecular weight is 217 g/mol. The van der Waals surface area contributed by atoms with Crippen LogP contribution in [0.1, 0.15) is 36.2 Å². The van der Waals surface area contributed by atoms with Crippen molar-refractivity contribution in [1.82, 2.24) is 0 Å². The molecule has 0 bridgehead atoms. The number of carbonyl (C=O) groups excluding carboxylic acids is 1. The average Bonchev–Trinajstić information content (AvgIpc) is 2.35.